The normalized spacial score (nSPS) is 11.0. The third kappa shape index (κ3) is 3.69. The Hall–Kier alpha value is -4.25. The molecule has 0 fully saturated rings. The Bertz CT molecular complexity index is 1490. The fourth-order valence-corrected chi connectivity index (χ4v) is 3.73. The summed E-state index contributed by atoms with van der Waals surface area (Å²) in [4.78, 5) is 32.8. The van der Waals surface area contributed by atoms with Crippen LogP contribution < -0.4 is 11.0 Å². The zero-order valence-corrected chi connectivity index (χ0v) is 16.7. The van der Waals surface area contributed by atoms with Crippen LogP contribution in [0, 0.1) is 0 Å². The van der Waals surface area contributed by atoms with Crippen molar-refractivity contribution in [3.8, 4) is 22.4 Å². The molecular formula is C26H19N3O2. The zero-order chi connectivity index (χ0) is 21.2. The number of nitrogens with zero attached hydrogens (tertiary/aromatic N) is 2. The van der Waals surface area contributed by atoms with Gasteiger partial charge in [-0.3, -0.25) is 9.59 Å². The summed E-state index contributed by atoms with van der Waals surface area (Å²) in [7, 11) is 0. The molecule has 0 aliphatic heterocycles. The fraction of sp³-hybridized carbons (Fsp3) is 0.0385. The Morgan fingerprint density at radius 3 is 2.32 bits per heavy atom. The minimum atomic E-state index is -0.0975. The Kier molecular flexibility index (Phi) is 4.77. The number of aromatic nitrogens is 3. The SMILES string of the molecule is O=c1cc[nH]c2nc(-c3ccccc3)c(-c3ccc(=O)n(Cc4ccccc4)c3)cc12. The highest BCUT2D eigenvalue weighted by atomic mass is 16.1. The first-order valence-electron chi connectivity index (χ1n) is 10.0. The highest BCUT2D eigenvalue weighted by molar-refractivity contribution is 5.89. The maximum atomic E-state index is 12.5. The van der Waals surface area contributed by atoms with Crippen LogP contribution in [0.3, 0.4) is 0 Å². The number of H-pyrrole nitrogens is 1. The molecule has 0 saturated carbocycles. The van der Waals surface area contributed by atoms with Gasteiger partial charge in [0.2, 0.25) is 0 Å². The lowest BCUT2D eigenvalue weighted by Crippen LogP contribution is -2.19. The molecule has 0 unspecified atom stereocenters. The number of pyridine rings is 3. The first-order valence-corrected chi connectivity index (χ1v) is 10.0. The van der Waals surface area contributed by atoms with E-state index in [2.05, 4.69) is 4.98 Å². The van der Waals surface area contributed by atoms with Crippen LogP contribution in [-0.4, -0.2) is 14.5 Å². The maximum Gasteiger partial charge on any atom is 0.250 e. The molecule has 0 radical (unpaired) electrons. The van der Waals surface area contributed by atoms with Gasteiger partial charge in [0.05, 0.1) is 17.6 Å². The molecule has 0 bridgehead atoms. The van der Waals surface area contributed by atoms with E-state index in [9.17, 15) is 9.59 Å². The number of benzene rings is 2. The third-order valence-corrected chi connectivity index (χ3v) is 5.28. The molecule has 5 rings (SSSR count). The van der Waals surface area contributed by atoms with E-state index in [4.69, 9.17) is 4.98 Å². The van der Waals surface area contributed by atoms with Crippen molar-refractivity contribution in [3.63, 3.8) is 0 Å². The second kappa shape index (κ2) is 7.88. The van der Waals surface area contributed by atoms with E-state index < -0.39 is 0 Å². The molecule has 5 nitrogen and oxygen atoms in total. The molecular weight excluding hydrogens is 386 g/mol. The number of hydrogen-bond donors (Lipinski definition) is 1. The van der Waals surface area contributed by atoms with Gasteiger partial charge in [-0.05, 0) is 17.7 Å². The number of aromatic amines is 1. The van der Waals surface area contributed by atoms with E-state index in [0.717, 1.165) is 27.9 Å². The van der Waals surface area contributed by atoms with Crippen LogP contribution in [0.4, 0.5) is 0 Å². The Morgan fingerprint density at radius 1 is 0.806 bits per heavy atom. The van der Waals surface area contributed by atoms with Gasteiger partial charge in [-0.25, -0.2) is 4.98 Å². The van der Waals surface area contributed by atoms with E-state index in [-0.39, 0.29) is 11.0 Å². The zero-order valence-electron chi connectivity index (χ0n) is 16.7. The molecule has 31 heavy (non-hydrogen) atoms. The Balaban J connectivity index is 1.72. The topological polar surface area (TPSA) is 67.8 Å². The monoisotopic (exact) mass is 405 g/mol. The molecule has 0 atom stereocenters. The van der Waals surface area contributed by atoms with Crippen LogP contribution in [0.2, 0.25) is 0 Å². The van der Waals surface area contributed by atoms with Crippen molar-refractivity contribution in [2.45, 2.75) is 6.54 Å². The summed E-state index contributed by atoms with van der Waals surface area (Å²) in [5, 5.41) is 0.512. The summed E-state index contributed by atoms with van der Waals surface area (Å²) in [5.41, 5.74) is 4.71. The molecule has 1 N–H and O–H groups in total. The second-order valence-corrected chi connectivity index (χ2v) is 7.36. The summed E-state index contributed by atoms with van der Waals surface area (Å²) < 4.78 is 1.68. The van der Waals surface area contributed by atoms with Crippen LogP contribution >= 0.6 is 0 Å². The Labute approximate surface area is 178 Å². The summed E-state index contributed by atoms with van der Waals surface area (Å²) in [6.07, 6.45) is 3.44. The summed E-state index contributed by atoms with van der Waals surface area (Å²) in [6, 6.07) is 26.4. The van der Waals surface area contributed by atoms with Gasteiger partial charge in [-0.15, -0.1) is 0 Å². The lowest BCUT2D eigenvalue weighted by Gasteiger charge is -2.13. The number of rotatable bonds is 4. The van der Waals surface area contributed by atoms with E-state index >= 15 is 0 Å². The molecule has 0 aliphatic carbocycles. The van der Waals surface area contributed by atoms with Gasteiger partial charge in [-0.2, -0.15) is 0 Å². The summed E-state index contributed by atoms with van der Waals surface area (Å²) >= 11 is 0. The van der Waals surface area contributed by atoms with Crippen molar-refractivity contribution in [2.24, 2.45) is 0 Å². The van der Waals surface area contributed by atoms with Crippen LogP contribution in [-0.2, 0) is 6.54 Å². The summed E-state index contributed by atoms with van der Waals surface area (Å²) in [6.45, 7) is 0.468. The fourth-order valence-electron chi connectivity index (χ4n) is 3.73. The Morgan fingerprint density at radius 2 is 1.55 bits per heavy atom. The average molecular weight is 405 g/mol. The van der Waals surface area contributed by atoms with E-state index in [1.807, 2.05) is 72.9 Å². The van der Waals surface area contributed by atoms with Gasteiger partial charge in [0.1, 0.15) is 5.65 Å². The van der Waals surface area contributed by atoms with Gasteiger partial charge in [0.25, 0.3) is 5.56 Å². The van der Waals surface area contributed by atoms with Crippen LogP contribution in [0.1, 0.15) is 5.56 Å². The van der Waals surface area contributed by atoms with Crippen LogP contribution in [0.25, 0.3) is 33.4 Å². The lowest BCUT2D eigenvalue weighted by molar-refractivity contribution is 0.761. The van der Waals surface area contributed by atoms with Gasteiger partial charge in [0.15, 0.2) is 5.43 Å². The standard InChI is InChI=1S/C26H19N3O2/c30-23-13-14-27-26-22(23)15-21(25(28-26)19-9-5-2-6-10-19)20-11-12-24(31)29(17-20)16-18-7-3-1-4-8-18/h1-15,17H,16H2,(H,27,28,30). The second-order valence-electron chi connectivity index (χ2n) is 7.36. The predicted molar refractivity (Wildman–Crippen MR) is 123 cm³/mol. The van der Waals surface area contributed by atoms with Crippen molar-refractivity contribution >= 4 is 11.0 Å². The largest absolute Gasteiger partial charge is 0.346 e. The molecule has 150 valence electrons. The van der Waals surface area contributed by atoms with Gasteiger partial charge in [0, 0.05) is 41.2 Å². The number of fused-ring (bicyclic) bond motifs is 1. The van der Waals surface area contributed by atoms with Crippen LogP contribution in [0.5, 0.6) is 0 Å². The van der Waals surface area contributed by atoms with Crippen molar-refractivity contribution in [2.75, 3.05) is 0 Å². The molecule has 5 heteroatoms. The molecule has 0 spiro atoms. The molecule has 3 heterocycles. The van der Waals surface area contributed by atoms with Gasteiger partial charge >= 0.3 is 0 Å². The van der Waals surface area contributed by atoms with Gasteiger partial charge in [-0.1, -0.05) is 60.7 Å². The average Bonchev–Trinajstić information content (AvgIpc) is 2.81. The van der Waals surface area contributed by atoms with Crippen molar-refractivity contribution < 1.29 is 0 Å². The van der Waals surface area contributed by atoms with Crippen molar-refractivity contribution in [3.05, 3.63) is 123 Å². The van der Waals surface area contributed by atoms with E-state index in [0.29, 0.717) is 17.6 Å². The molecule has 0 aliphatic rings. The maximum absolute atomic E-state index is 12.5. The molecule has 0 amide bonds. The molecule has 3 aromatic heterocycles. The highest BCUT2D eigenvalue weighted by Crippen LogP contribution is 2.31. The highest BCUT2D eigenvalue weighted by Gasteiger charge is 2.14. The summed E-state index contributed by atoms with van der Waals surface area (Å²) in [5.74, 6) is 0. The quantitative estimate of drug-likeness (QED) is 0.480. The number of nitrogens with one attached hydrogen (secondary N) is 1. The third-order valence-electron chi connectivity index (χ3n) is 5.28. The number of hydrogen-bond acceptors (Lipinski definition) is 3. The lowest BCUT2D eigenvalue weighted by atomic mass is 9.99. The first kappa shape index (κ1) is 18.8. The van der Waals surface area contributed by atoms with Gasteiger partial charge < -0.3 is 9.55 Å². The molecule has 0 saturated heterocycles. The predicted octanol–water partition coefficient (Wildman–Crippen LogP) is 4.47. The molecule has 5 aromatic rings. The molecule has 2 aromatic carbocycles. The van der Waals surface area contributed by atoms with E-state index in [1.54, 1.807) is 22.9 Å². The minimum absolute atomic E-state index is 0.0829. The van der Waals surface area contributed by atoms with Crippen molar-refractivity contribution in [1.29, 1.82) is 0 Å². The van der Waals surface area contributed by atoms with Crippen LogP contribution in [0.15, 0.2) is 107 Å². The first-order chi connectivity index (χ1) is 15.2. The smallest absolute Gasteiger partial charge is 0.250 e. The van der Waals surface area contributed by atoms with E-state index in [1.165, 1.54) is 6.07 Å². The minimum Gasteiger partial charge on any atom is -0.346 e. The van der Waals surface area contributed by atoms with Crippen molar-refractivity contribution in [1.82, 2.24) is 14.5 Å².